The molecule has 19 heavy (non-hydrogen) atoms. The van der Waals surface area contributed by atoms with Crippen molar-refractivity contribution in [1.82, 2.24) is 0 Å². The summed E-state index contributed by atoms with van der Waals surface area (Å²) in [7, 11) is 0. The van der Waals surface area contributed by atoms with Gasteiger partial charge in [0.25, 0.3) is 0 Å². The van der Waals surface area contributed by atoms with E-state index in [2.05, 4.69) is 13.8 Å². The lowest BCUT2D eigenvalue weighted by molar-refractivity contribution is 0.483. The Bertz CT molecular complexity index is 594. The molecule has 0 spiro atoms. The summed E-state index contributed by atoms with van der Waals surface area (Å²) in [4.78, 5) is 0. The van der Waals surface area contributed by atoms with Gasteiger partial charge in [-0.15, -0.1) is 0 Å². The molecule has 0 bridgehead atoms. The van der Waals surface area contributed by atoms with Gasteiger partial charge in [0, 0.05) is 11.1 Å². The van der Waals surface area contributed by atoms with Gasteiger partial charge in [-0.25, -0.2) is 0 Å². The van der Waals surface area contributed by atoms with Gasteiger partial charge in [0.2, 0.25) is 0 Å². The van der Waals surface area contributed by atoms with Crippen LogP contribution in [0.25, 0.3) is 0 Å². The second kappa shape index (κ2) is 6.04. The number of hydrogen-bond donors (Lipinski definition) is 0. The molecular formula is C15H13Cl3O. The molecule has 100 valence electrons. The van der Waals surface area contributed by atoms with Crippen LogP contribution in [0.15, 0.2) is 36.4 Å². The Morgan fingerprint density at radius 3 is 2.21 bits per heavy atom. The van der Waals surface area contributed by atoms with Crippen LogP contribution >= 0.6 is 34.8 Å². The van der Waals surface area contributed by atoms with Crippen LogP contribution in [-0.4, -0.2) is 0 Å². The SMILES string of the molecule is CC(C)c1ccc(Oc2cc(Cl)ccc2Cl)c(Cl)c1. The van der Waals surface area contributed by atoms with E-state index in [-0.39, 0.29) is 0 Å². The van der Waals surface area contributed by atoms with Gasteiger partial charge in [0.05, 0.1) is 10.0 Å². The third kappa shape index (κ3) is 3.56. The van der Waals surface area contributed by atoms with Crippen molar-refractivity contribution in [3.05, 3.63) is 57.0 Å². The highest BCUT2D eigenvalue weighted by Crippen LogP contribution is 2.36. The lowest BCUT2D eigenvalue weighted by Crippen LogP contribution is -1.90. The van der Waals surface area contributed by atoms with Crippen molar-refractivity contribution >= 4 is 34.8 Å². The molecule has 2 rings (SSSR count). The second-order valence-corrected chi connectivity index (χ2v) is 5.77. The van der Waals surface area contributed by atoms with Crippen LogP contribution in [0.5, 0.6) is 11.5 Å². The highest BCUT2D eigenvalue weighted by molar-refractivity contribution is 6.34. The predicted octanol–water partition coefficient (Wildman–Crippen LogP) is 6.56. The van der Waals surface area contributed by atoms with E-state index < -0.39 is 0 Å². The van der Waals surface area contributed by atoms with Gasteiger partial charge >= 0.3 is 0 Å². The van der Waals surface area contributed by atoms with Crippen molar-refractivity contribution in [2.24, 2.45) is 0 Å². The molecular weight excluding hydrogens is 303 g/mol. The van der Waals surface area contributed by atoms with Gasteiger partial charge in [0.15, 0.2) is 0 Å². The highest BCUT2D eigenvalue weighted by atomic mass is 35.5. The van der Waals surface area contributed by atoms with Crippen LogP contribution in [0.4, 0.5) is 0 Å². The van der Waals surface area contributed by atoms with Crippen LogP contribution in [0.1, 0.15) is 25.3 Å². The minimum atomic E-state index is 0.418. The van der Waals surface area contributed by atoms with Crippen LogP contribution in [0, 0.1) is 0 Å². The lowest BCUT2D eigenvalue weighted by Gasteiger charge is -2.12. The third-order valence-electron chi connectivity index (χ3n) is 2.74. The molecule has 0 aromatic heterocycles. The average molecular weight is 316 g/mol. The van der Waals surface area contributed by atoms with E-state index in [1.165, 1.54) is 0 Å². The fourth-order valence-corrected chi connectivity index (χ4v) is 2.18. The maximum Gasteiger partial charge on any atom is 0.147 e. The lowest BCUT2D eigenvalue weighted by atomic mass is 10.0. The van der Waals surface area contributed by atoms with Gasteiger partial charge in [-0.1, -0.05) is 54.7 Å². The maximum absolute atomic E-state index is 6.21. The molecule has 0 saturated heterocycles. The Kier molecular flexibility index (Phi) is 4.62. The van der Waals surface area contributed by atoms with Gasteiger partial charge in [-0.3, -0.25) is 0 Å². The average Bonchev–Trinajstić information content (AvgIpc) is 2.36. The molecule has 2 aromatic carbocycles. The summed E-state index contributed by atoms with van der Waals surface area (Å²) in [5.41, 5.74) is 1.16. The van der Waals surface area contributed by atoms with Crippen molar-refractivity contribution in [1.29, 1.82) is 0 Å². The molecule has 0 atom stereocenters. The normalized spacial score (nSPS) is 10.8. The third-order valence-corrected chi connectivity index (χ3v) is 3.58. The van der Waals surface area contributed by atoms with E-state index in [1.54, 1.807) is 18.2 Å². The number of rotatable bonds is 3. The van der Waals surface area contributed by atoms with Crippen molar-refractivity contribution < 1.29 is 4.74 Å². The van der Waals surface area contributed by atoms with E-state index in [4.69, 9.17) is 39.5 Å². The first-order chi connectivity index (χ1) is 8.97. The van der Waals surface area contributed by atoms with E-state index in [0.717, 1.165) is 5.56 Å². The Morgan fingerprint density at radius 1 is 0.842 bits per heavy atom. The zero-order chi connectivity index (χ0) is 14.0. The molecule has 0 aliphatic heterocycles. The van der Waals surface area contributed by atoms with Crippen molar-refractivity contribution in [3.63, 3.8) is 0 Å². The molecule has 0 unspecified atom stereocenters. The van der Waals surface area contributed by atoms with Crippen molar-refractivity contribution in [2.45, 2.75) is 19.8 Å². The topological polar surface area (TPSA) is 9.23 Å². The summed E-state index contributed by atoms with van der Waals surface area (Å²) < 4.78 is 5.71. The van der Waals surface area contributed by atoms with Crippen LogP contribution in [-0.2, 0) is 0 Å². The molecule has 0 heterocycles. The molecule has 2 aromatic rings. The minimum absolute atomic E-state index is 0.418. The number of halogens is 3. The number of ether oxygens (including phenoxy) is 1. The smallest absolute Gasteiger partial charge is 0.147 e. The summed E-state index contributed by atoms with van der Waals surface area (Å²) in [6, 6.07) is 10.8. The Balaban J connectivity index is 2.31. The quantitative estimate of drug-likeness (QED) is 0.623. The molecule has 4 heteroatoms. The Labute approximate surface area is 128 Å². The van der Waals surface area contributed by atoms with E-state index in [0.29, 0.717) is 32.5 Å². The molecule has 0 radical (unpaired) electrons. The van der Waals surface area contributed by atoms with E-state index in [1.807, 2.05) is 18.2 Å². The fourth-order valence-electron chi connectivity index (χ4n) is 1.63. The van der Waals surface area contributed by atoms with Crippen molar-refractivity contribution in [2.75, 3.05) is 0 Å². The Morgan fingerprint density at radius 2 is 1.58 bits per heavy atom. The molecule has 0 aliphatic carbocycles. The highest BCUT2D eigenvalue weighted by Gasteiger charge is 2.09. The molecule has 0 N–H and O–H groups in total. The number of hydrogen-bond acceptors (Lipinski definition) is 1. The molecule has 0 fully saturated rings. The van der Waals surface area contributed by atoms with Crippen LogP contribution in [0.3, 0.4) is 0 Å². The summed E-state index contributed by atoms with van der Waals surface area (Å²) in [6.07, 6.45) is 0. The maximum atomic E-state index is 6.21. The first kappa shape index (κ1) is 14.5. The first-order valence-corrected chi connectivity index (χ1v) is 7.03. The van der Waals surface area contributed by atoms with Gasteiger partial charge in [-0.05, 0) is 35.7 Å². The summed E-state index contributed by atoms with van der Waals surface area (Å²) in [5.74, 6) is 1.48. The zero-order valence-corrected chi connectivity index (χ0v) is 12.9. The van der Waals surface area contributed by atoms with Crippen LogP contribution < -0.4 is 4.74 Å². The minimum Gasteiger partial charge on any atom is -0.454 e. The van der Waals surface area contributed by atoms with Crippen LogP contribution in [0.2, 0.25) is 15.1 Å². The molecule has 0 amide bonds. The van der Waals surface area contributed by atoms with Crippen molar-refractivity contribution in [3.8, 4) is 11.5 Å². The standard InChI is InChI=1S/C15H13Cl3O/c1-9(2)10-3-6-14(13(18)7-10)19-15-8-11(16)4-5-12(15)17/h3-9H,1-2H3. The van der Waals surface area contributed by atoms with Gasteiger partial charge < -0.3 is 4.74 Å². The predicted molar refractivity (Wildman–Crippen MR) is 82.1 cm³/mol. The summed E-state index contributed by atoms with van der Waals surface area (Å²) in [5, 5.41) is 1.62. The monoisotopic (exact) mass is 314 g/mol. The van der Waals surface area contributed by atoms with E-state index in [9.17, 15) is 0 Å². The molecule has 1 nitrogen and oxygen atoms in total. The fraction of sp³-hybridized carbons (Fsp3) is 0.200. The van der Waals surface area contributed by atoms with Gasteiger partial charge in [-0.2, -0.15) is 0 Å². The largest absolute Gasteiger partial charge is 0.454 e. The Hall–Kier alpha value is -0.890. The molecule has 0 aliphatic rings. The first-order valence-electron chi connectivity index (χ1n) is 5.89. The summed E-state index contributed by atoms with van der Waals surface area (Å²) in [6.45, 7) is 4.22. The number of benzene rings is 2. The van der Waals surface area contributed by atoms with Gasteiger partial charge in [0.1, 0.15) is 11.5 Å². The van der Waals surface area contributed by atoms with E-state index >= 15 is 0 Å². The second-order valence-electron chi connectivity index (χ2n) is 4.52. The summed E-state index contributed by atoms with van der Waals surface area (Å²) >= 11 is 18.2. The molecule has 0 saturated carbocycles. The zero-order valence-electron chi connectivity index (χ0n) is 10.6.